The van der Waals surface area contributed by atoms with Crippen LogP contribution in [-0.4, -0.2) is 16.6 Å². The molecule has 0 bridgehead atoms. The standard InChI is InChI=1S/C21H19ClN4O/c1-20(2)11-21(20,12-23)13-27-16-4-5-17-14(9-16)7-8-24-19(17)26-15-3-6-18(22)25-10-15/h3-10H,11,13H2,1-2H3,(H,24,26). The predicted octanol–water partition coefficient (Wildman–Crippen LogP) is 5.35. The Morgan fingerprint density at radius 2 is 2.04 bits per heavy atom. The van der Waals surface area contributed by atoms with Crippen molar-refractivity contribution in [3.8, 4) is 11.8 Å². The largest absolute Gasteiger partial charge is 0.492 e. The predicted molar refractivity (Wildman–Crippen MR) is 106 cm³/mol. The summed E-state index contributed by atoms with van der Waals surface area (Å²) in [6, 6.07) is 13.8. The van der Waals surface area contributed by atoms with E-state index in [9.17, 15) is 5.26 Å². The number of hydrogen-bond donors (Lipinski definition) is 1. The van der Waals surface area contributed by atoms with E-state index in [0.717, 1.165) is 34.4 Å². The molecule has 1 unspecified atom stereocenters. The minimum Gasteiger partial charge on any atom is -0.492 e. The van der Waals surface area contributed by atoms with E-state index < -0.39 is 0 Å². The molecular formula is C21H19ClN4O. The smallest absolute Gasteiger partial charge is 0.138 e. The van der Waals surface area contributed by atoms with Crippen LogP contribution >= 0.6 is 11.6 Å². The first-order valence-electron chi connectivity index (χ1n) is 8.74. The van der Waals surface area contributed by atoms with Crippen molar-refractivity contribution in [2.45, 2.75) is 20.3 Å². The highest BCUT2D eigenvalue weighted by atomic mass is 35.5. The summed E-state index contributed by atoms with van der Waals surface area (Å²) in [6.45, 7) is 4.62. The molecule has 2 aromatic heterocycles. The first-order chi connectivity index (χ1) is 12.9. The maximum atomic E-state index is 9.48. The lowest BCUT2D eigenvalue weighted by Crippen LogP contribution is -2.16. The van der Waals surface area contributed by atoms with E-state index in [1.165, 1.54) is 0 Å². The van der Waals surface area contributed by atoms with Gasteiger partial charge < -0.3 is 10.1 Å². The molecule has 5 nitrogen and oxygen atoms in total. The normalized spacial score (nSPS) is 20.1. The molecule has 2 heterocycles. The van der Waals surface area contributed by atoms with Gasteiger partial charge in [-0.05, 0) is 53.6 Å². The van der Waals surface area contributed by atoms with Crippen LogP contribution in [0.5, 0.6) is 5.75 Å². The van der Waals surface area contributed by atoms with Crippen LogP contribution < -0.4 is 10.1 Å². The third kappa shape index (κ3) is 3.29. The summed E-state index contributed by atoms with van der Waals surface area (Å²) < 4.78 is 5.95. The third-order valence-corrected chi connectivity index (χ3v) is 5.56. The van der Waals surface area contributed by atoms with Gasteiger partial charge in [-0.3, -0.25) is 0 Å². The van der Waals surface area contributed by atoms with Gasteiger partial charge in [-0.25, -0.2) is 9.97 Å². The van der Waals surface area contributed by atoms with Crippen molar-refractivity contribution in [1.82, 2.24) is 9.97 Å². The second-order valence-corrected chi connectivity index (χ2v) is 7.97. The second kappa shape index (κ2) is 6.40. The SMILES string of the molecule is CC1(C)CC1(C#N)COc1ccc2c(Nc3ccc(Cl)nc3)nccc2c1. The van der Waals surface area contributed by atoms with E-state index >= 15 is 0 Å². The van der Waals surface area contributed by atoms with Gasteiger partial charge in [-0.15, -0.1) is 0 Å². The Morgan fingerprint density at radius 1 is 1.22 bits per heavy atom. The van der Waals surface area contributed by atoms with Gasteiger partial charge in [-0.1, -0.05) is 25.4 Å². The van der Waals surface area contributed by atoms with Gasteiger partial charge in [0.25, 0.3) is 0 Å². The average Bonchev–Trinajstić information content (AvgIpc) is 3.23. The monoisotopic (exact) mass is 378 g/mol. The number of halogens is 1. The molecule has 0 saturated heterocycles. The summed E-state index contributed by atoms with van der Waals surface area (Å²) in [4.78, 5) is 8.50. The molecule has 1 aliphatic rings. The Kier molecular flexibility index (Phi) is 4.16. The Morgan fingerprint density at radius 3 is 2.70 bits per heavy atom. The maximum Gasteiger partial charge on any atom is 0.138 e. The molecule has 1 aromatic carbocycles. The van der Waals surface area contributed by atoms with Crippen LogP contribution in [0.15, 0.2) is 48.8 Å². The zero-order valence-corrected chi connectivity index (χ0v) is 15.9. The van der Waals surface area contributed by atoms with E-state index in [2.05, 4.69) is 35.2 Å². The van der Waals surface area contributed by atoms with Crippen LogP contribution in [0, 0.1) is 22.2 Å². The number of anilines is 2. The van der Waals surface area contributed by atoms with E-state index in [1.54, 1.807) is 18.5 Å². The van der Waals surface area contributed by atoms with Crippen LogP contribution in [0.3, 0.4) is 0 Å². The lowest BCUT2D eigenvalue weighted by molar-refractivity contribution is 0.242. The van der Waals surface area contributed by atoms with Crippen molar-refractivity contribution in [1.29, 1.82) is 5.26 Å². The molecule has 0 amide bonds. The fourth-order valence-corrected chi connectivity index (χ4v) is 3.43. The highest BCUT2D eigenvalue weighted by Crippen LogP contribution is 2.63. The molecule has 27 heavy (non-hydrogen) atoms. The number of rotatable bonds is 5. The summed E-state index contributed by atoms with van der Waals surface area (Å²) in [5, 5.41) is 15.2. The minimum atomic E-state index is -0.380. The summed E-state index contributed by atoms with van der Waals surface area (Å²) in [7, 11) is 0. The molecule has 0 aliphatic heterocycles. The molecule has 3 aromatic rings. The zero-order valence-electron chi connectivity index (χ0n) is 15.2. The molecule has 1 fully saturated rings. The van der Waals surface area contributed by atoms with Crippen molar-refractivity contribution < 1.29 is 4.74 Å². The van der Waals surface area contributed by atoms with E-state index in [0.29, 0.717) is 11.8 Å². The molecule has 136 valence electrons. The van der Waals surface area contributed by atoms with E-state index in [4.69, 9.17) is 16.3 Å². The van der Waals surface area contributed by atoms with Crippen LogP contribution in [0.1, 0.15) is 20.3 Å². The van der Waals surface area contributed by atoms with Gasteiger partial charge in [0.2, 0.25) is 0 Å². The summed E-state index contributed by atoms with van der Waals surface area (Å²) >= 11 is 5.83. The lowest BCUT2D eigenvalue weighted by Gasteiger charge is -2.14. The lowest BCUT2D eigenvalue weighted by atomic mass is 9.99. The Bertz CT molecular complexity index is 1040. The van der Waals surface area contributed by atoms with Crippen molar-refractivity contribution in [3.05, 3.63) is 53.9 Å². The van der Waals surface area contributed by atoms with Gasteiger partial charge in [0, 0.05) is 11.6 Å². The van der Waals surface area contributed by atoms with Crippen molar-refractivity contribution in [2.75, 3.05) is 11.9 Å². The fraction of sp³-hybridized carbons (Fsp3) is 0.286. The van der Waals surface area contributed by atoms with Crippen molar-refractivity contribution in [2.24, 2.45) is 10.8 Å². The van der Waals surface area contributed by atoms with Crippen molar-refractivity contribution >= 4 is 33.9 Å². The number of aromatic nitrogens is 2. The molecule has 1 N–H and O–H groups in total. The average molecular weight is 379 g/mol. The summed E-state index contributed by atoms with van der Waals surface area (Å²) in [6.07, 6.45) is 4.29. The minimum absolute atomic E-state index is 0.0201. The van der Waals surface area contributed by atoms with Gasteiger partial charge in [-0.2, -0.15) is 5.26 Å². The van der Waals surface area contributed by atoms with Crippen LogP contribution in [0.4, 0.5) is 11.5 Å². The molecular weight excluding hydrogens is 360 g/mol. The summed E-state index contributed by atoms with van der Waals surface area (Å²) in [5.74, 6) is 1.49. The summed E-state index contributed by atoms with van der Waals surface area (Å²) in [5.41, 5.74) is 0.451. The van der Waals surface area contributed by atoms with E-state index in [1.807, 2.05) is 30.3 Å². The first kappa shape index (κ1) is 17.6. The number of nitriles is 1. The molecule has 1 aliphatic carbocycles. The topological polar surface area (TPSA) is 70.8 Å². The number of pyridine rings is 2. The van der Waals surface area contributed by atoms with Crippen molar-refractivity contribution in [3.63, 3.8) is 0 Å². The third-order valence-electron chi connectivity index (χ3n) is 5.34. The molecule has 0 spiro atoms. The maximum absolute atomic E-state index is 9.48. The number of fused-ring (bicyclic) bond motifs is 1. The van der Waals surface area contributed by atoms with Crippen LogP contribution in [0.2, 0.25) is 5.15 Å². The van der Waals surface area contributed by atoms with Gasteiger partial charge in [0.15, 0.2) is 0 Å². The highest BCUT2D eigenvalue weighted by molar-refractivity contribution is 6.29. The number of hydrogen-bond acceptors (Lipinski definition) is 5. The quantitative estimate of drug-likeness (QED) is 0.606. The molecule has 1 saturated carbocycles. The number of nitrogens with zero attached hydrogens (tertiary/aromatic N) is 3. The molecule has 0 radical (unpaired) electrons. The zero-order chi connectivity index (χ0) is 19.1. The highest BCUT2D eigenvalue weighted by Gasteiger charge is 2.62. The van der Waals surface area contributed by atoms with Crippen LogP contribution in [0.25, 0.3) is 10.8 Å². The first-order valence-corrected chi connectivity index (χ1v) is 9.12. The number of nitrogens with one attached hydrogen (secondary N) is 1. The number of ether oxygens (including phenoxy) is 1. The van der Waals surface area contributed by atoms with Gasteiger partial charge in [0.05, 0.1) is 23.4 Å². The Hall–Kier alpha value is -2.84. The second-order valence-electron chi connectivity index (χ2n) is 7.58. The Balaban J connectivity index is 1.55. The molecule has 1 atom stereocenters. The van der Waals surface area contributed by atoms with Crippen LogP contribution in [-0.2, 0) is 0 Å². The van der Waals surface area contributed by atoms with Gasteiger partial charge in [0.1, 0.15) is 23.3 Å². The van der Waals surface area contributed by atoms with E-state index in [-0.39, 0.29) is 10.8 Å². The fourth-order valence-electron chi connectivity index (χ4n) is 3.32. The molecule has 4 rings (SSSR count). The van der Waals surface area contributed by atoms with Gasteiger partial charge >= 0.3 is 0 Å². The Labute approximate surface area is 163 Å². The molecule has 6 heteroatoms. The number of benzene rings is 1.